The number of nitrogens with zero attached hydrogens (tertiary/aromatic N) is 1. The number of nitrogens with one attached hydrogen (secondary N) is 1. The molecule has 0 aromatic heterocycles. The minimum absolute atomic E-state index is 0.0973. The Balaban J connectivity index is 1.76. The number of hydrogen-bond donors (Lipinski definition) is 2. The Morgan fingerprint density at radius 3 is 2.35 bits per heavy atom. The highest BCUT2D eigenvalue weighted by atomic mass is 16.4. The van der Waals surface area contributed by atoms with E-state index < -0.39 is 11.9 Å². The van der Waals surface area contributed by atoms with Crippen LogP contribution < -0.4 is 5.32 Å². The first-order chi connectivity index (χ1) is 9.49. The quantitative estimate of drug-likeness (QED) is 0.834. The number of aliphatic carboxylic acids is 1. The van der Waals surface area contributed by atoms with Crippen molar-refractivity contribution in [2.24, 2.45) is 17.8 Å². The highest BCUT2D eigenvalue weighted by Gasteiger charge is 2.38. The second-order valence-corrected chi connectivity index (χ2v) is 6.48. The molecule has 1 aliphatic heterocycles. The smallest absolute Gasteiger partial charge is 0.317 e. The van der Waals surface area contributed by atoms with Gasteiger partial charge in [0.15, 0.2) is 0 Å². The molecule has 0 aromatic carbocycles. The van der Waals surface area contributed by atoms with Crippen LogP contribution in [0, 0.1) is 17.8 Å². The predicted octanol–water partition coefficient (Wildman–Crippen LogP) is 2.32. The lowest BCUT2D eigenvalue weighted by Crippen LogP contribution is -2.45. The summed E-state index contributed by atoms with van der Waals surface area (Å²) in [6.45, 7) is 5.39. The standard InChI is InChI=1S/C15H26N2O3/c1-10-3-5-12(6-4-10)9-16-15(20)17-8-7-13(11(17)2)14(18)19/h10-13H,3-9H2,1-2H3,(H,16,20)(H,18,19). The van der Waals surface area contributed by atoms with Crippen LogP contribution in [0.5, 0.6) is 0 Å². The van der Waals surface area contributed by atoms with Gasteiger partial charge in [0, 0.05) is 19.1 Å². The van der Waals surface area contributed by atoms with Gasteiger partial charge >= 0.3 is 12.0 Å². The topological polar surface area (TPSA) is 69.6 Å². The Bertz CT molecular complexity index is 364. The van der Waals surface area contributed by atoms with E-state index in [-0.39, 0.29) is 12.1 Å². The molecular weight excluding hydrogens is 256 g/mol. The predicted molar refractivity (Wildman–Crippen MR) is 76.4 cm³/mol. The van der Waals surface area contributed by atoms with Crippen molar-refractivity contribution in [1.29, 1.82) is 0 Å². The summed E-state index contributed by atoms with van der Waals surface area (Å²) in [5.41, 5.74) is 0. The molecule has 5 nitrogen and oxygen atoms in total. The molecule has 20 heavy (non-hydrogen) atoms. The summed E-state index contributed by atoms with van der Waals surface area (Å²) in [5.74, 6) is 0.186. The van der Waals surface area contributed by atoms with Gasteiger partial charge in [0.2, 0.25) is 0 Å². The Kier molecular flexibility index (Phi) is 4.89. The van der Waals surface area contributed by atoms with E-state index in [4.69, 9.17) is 5.11 Å². The monoisotopic (exact) mass is 282 g/mol. The van der Waals surface area contributed by atoms with Crippen LogP contribution in [0.15, 0.2) is 0 Å². The Morgan fingerprint density at radius 1 is 1.15 bits per heavy atom. The normalized spacial score (nSPS) is 34.0. The van der Waals surface area contributed by atoms with Crippen molar-refractivity contribution in [3.05, 3.63) is 0 Å². The Labute approximate surface area is 120 Å². The van der Waals surface area contributed by atoms with Gasteiger partial charge in [0.25, 0.3) is 0 Å². The van der Waals surface area contributed by atoms with Gasteiger partial charge in [0.05, 0.1) is 5.92 Å². The fraction of sp³-hybridized carbons (Fsp3) is 0.867. The first-order valence-electron chi connectivity index (χ1n) is 7.76. The summed E-state index contributed by atoms with van der Waals surface area (Å²) < 4.78 is 0. The lowest BCUT2D eigenvalue weighted by molar-refractivity contribution is -0.142. The van der Waals surface area contributed by atoms with Crippen LogP contribution in [-0.4, -0.2) is 41.1 Å². The van der Waals surface area contributed by atoms with E-state index in [9.17, 15) is 9.59 Å². The second-order valence-electron chi connectivity index (χ2n) is 6.48. The molecule has 1 heterocycles. The SMILES string of the molecule is CC1CCC(CNC(=O)N2CCC(C(=O)O)C2C)CC1. The van der Waals surface area contributed by atoms with Crippen LogP contribution in [0.3, 0.4) is 0 Å². The van der Waals surface area contributed by atoms with Crippen LogP contribution in [0.25, 0.3) is 0 Å². The van der Waals surface area contributed by atoms with Crippen molar-refractivity contribution in [2.45, 2.75) is 52.0 Å². The Hall–Kier alpha value is -1.26. The van der Waals surface area contributed by atoms with Gasteiger partial charge < -0.3 is 15.3 Å². The molecule has 2 amide bonds. The third-order valence-corrected chi connectivity index (χ3v) is 5.01. The third kappa shape index (κ3) is 3.44. The second kappa shape index (κ2) is 6.46. The van der Waals surface area contributed by atoms with E-state index in [0.717, 1.165) is 12.5 Å². The molecular formula is C15H26N2O3. The van der Waals surface area contributed by atoms with Gasteiger partial charge in [-0.3, -0.25) is 4.79 Å². The number of likely N-dealkylation sites (tertiary alicyclic amines) is 1. The third-order valence-electron chi connectivity index (χ3n) is 5.01. The Morgan fingerprint density at radius 2 is 1.80 bits per heavy atom. The number of carboxylic acids is 1. The molecule has 5 heteroatoms. The molecule has 2 unspecified atom stereocenters. The maximum atomic E-state index is 12.2. The number of amides is 2. The summed E-state index contributed by atoms with van der Waals surface area (Å²) in [6, 6.07) is -0.307. The van der Waals surface area contributed by atoms with Crippen molar-refractivity contribution in [2.75, 3.05) is 13.1 Å². The van der Waals surface area contributed by atoms with Crippen LogP contribution in [-0.2, 0) is 4.79 Å². The van der Waals surface area contributed by atoms with Crippen LogP contribution in [0.4, 0.5) is 4.79 Å². The zero-order valence-corrected chi connectivity index (χ0v) is 12.5. The van der Waals surface area contributed by atoms with E-state index in [2.05, 4.69) is 12.2 Å². The largest absolute Gasteiger partial charge is 0.481 e. The fourth-order valence-electron chi connectivity index (χ4n) is 3.42. The van der Waals surface area contributed by atoms with Crippen molar-refractivity contribution >= 4 is 12.0 Å². The number of hydrogen-bond acceptors (Lipinski definition) is 2. The molecule has 1 aliphatic carbocycles. The maximum Gasteiger partial charge on any atom is 0.317 e. The lowest BCUT2D eigenvalue weighted by atomic mass is 9.83. The molecule has 1 saturated heterocycles. The average molecular weight is 282 g/mol. The van der Waals surface area contributed by atoms with Crippen molar-refractivity contribution < 1.29 is 14.7 Å². The first kappa shape index (κ1) is 15.1. The zero-order chi connectivity index (χ0) is 14.7. The zero-order valence-electron chi connectivity index (χ0n) is 12.5. The number of carbonyl (C=O) groups excluding carboxylic acids is 1. The first-order valence-corrected chi connectivity index (χ1v) is 7.76. The van der Waals surface area contributed by atoms with Gasteiger partial charge in [-0.1, -0.05) is 19.8 Å². The molecule has 2 N–H and O–H groups in total. The highest BCUT2D eigenvalue weighted by molar-refractivity contribution is 5.78. The number of carboxylic acid groups (broad SMARTS) is 1. The molecule has 1 saturated carbocycles. The molecule has 0 spiro atoms. The van der Waals surface area contributed by atoms with E-state index >= 15 is 0 Å². The summed E-state index contributed by atoms with van der Waals surface area (Å²) >= 11 is 0. The van der Waals surface area contributed by atoms with Crippen molar-refractivity contribution in [1.82, 2.24) is 10.2 Å². The molecule has 2 fully saturated rings. The number of rotatable bonds is 3. The van der Waals surface area contributed by atoms with E-state index in [0.29, 0.717) is 18.9 Å². The van der Waals surface area contributed by atoms with E-state index in [1.54, 1.807) is 4.90 Å². The molecule has 0 bridgehead atoms. The summed E-state index contributed by atoms with van der Waals surface area (Å²) in [5, 5.41) is 12.1. The number of urea groups is 1. The summed E-state index contributed by atoms with van der Waals surface area (Å²) in [7, 11) is 0. The lowest BCUT2D eigenvalue weighted by Gasteiger charge is -2.28. The van der Waals surface area contributed by atoms with Crippen molar-refractivity contribution in [3.63, 3.8) is 0 Å². The van der Waals surface area contributed by atoms with E-state index in [1.165, 1.54) is 25.7 Å². The molecule has 2 aliphatic rings. The van der Waals surface area contributed by atoms with Crippen LogP contribution in [0.2, 0.25) is 0 Å². The maximum absolute atomic E-state index is 12.2. The minimum Gasteiger partial charge on any atom is -0.481 e. The average Bonchev–Trinajstić information content (AvgIpc) is 2.80. The van der Waals surface area contributed by atoms with Crippen LogP contribution in [0.1, 0.15) is 46.0 Å². The highest BCUT2D eigenvalue weighted by Crippen LogP contribution is 2.28. The van der Waals surface area contributed by atoms with Crippen LogP contribution >= 0.6 is 0 Å². The molecule has 2 rings (SSSR count). The minimum atomic E-state index is -0.797. The van der Waals surface area contributed by atoms with Gasteiger partial charge in [-0.15, -0.1) is 0 Å². The molecule has 0 aromatic rings. The molecule has 2 atom stereocenters. The van der Waals surface area contributed by atoms with Gasteiger partial charge in [0.1, 0.15) is 0 Å². The molecule has 0 radical (unpaired) electrons. The van der Waals surface area contributed by atoms with Crippen molar-refractivity contribution in [3.8, 4) is 0 Å². The molecule has 114 valence electrons. The van der Waals surface area contributed by atoms with E-state index in [1.807, 2.05) is 6.92 Å². The summed E-state index contributed by atoms with van der Waals surface area (Å²) in [6.07, 6.45) is 5.44. The van der Waals surface area contributed by atoms with Gasteiger partial charge in [-0.05, 0) is 38.0 Å². The number of carbonyl (C=O) groups is 2. The fourth-order valence-corrected chi connectivity index (χ4v) is 3.42. The van der Waals surface area contributed by atoms with Gasteiger partial charge in [-0.25, -0.2) is 4.79 Å². The summed E-state index contributed by atoms with van der Waals surface area (Å²) in [4.78, 5) is 24.9. The van der Waals surface area contributed by atoms with Gasteiger partial charge in [-0.2, -0.15) is 0 Å².